The van der Waals surface area contributed by atoms with E-state index in [9.17, 15) is 0 Å². The molecule has 0 radical (unpaired) electrons. The Kier molecular flexibility index (Phi) is 5.07. The van der Waals surface area contributed by atoms with E-state index in [0.29, 0.717) is 19.2 Å². The van der Waals surface area contributed by atoms with Crippen LogP contribution >= 0.6 is 0 Å². The first-order chi connectivity index (χ1) is 9.65. The van der Waals surface area contributed by atoms with Crippen LogP contribution in [0.1, 0.15) is 30.8 Å². The third kappa shape index (κ3) is 4.31. The van der Waals surface area contributed by atoms with Crippen molar-refractivity contribution in [3.05, 3.63) is 53.6 Å². The van der Waals surface area contributed by atoms with Gasteiger partial charge in [-0.05, 0) is 25.1 Å². The van der Waals surface area contributed by atoms with Crippen LogP contribution in [0.25, 0.3) is 0 Å². The Morgan fingerprint density at radius 3 is 2.80 bits per heavy atom. The molecule has 4 nitrogen and oxygen atoms in total. The van der Waals surface area contributed by atoms with E-state index in [2.05, 4.69) is 29.1 Å². The quantitative estimate of drug-likeness (QED) is 0.877. The maximum absolute atomic E-state index is 5.87. The predicted octanol–water partition coefficient (Wildman–Crippen LogP) is 2.86. The van der Waals surface area contributed by atoms with Gasteiger partial charge in [-0.3, -0.25) is 9.97 Å². The molecule has 2 heterocycles. The van der Waals surface area contributed by atoms with Crippen molar-refractivity contribution in [2.75, 3.05) is 0 Å². The molecule has 0 saturated carbocycles. The molecule has 2 rings (SSSR count). The van der Waals surface area contributed by atoms with Crippen LogP contribution in [0.5, 0.6) is 5.75 Å². The topological polar surface area (TPSA) is 47.0 Å². The lowest BCUT2D eigenvalue weighted by Gasteiger charge is -2.13. The van der Waals surface area contributed by atoms with Gasteiger partial charge in [0.1, 0.15) is 12.4 Å². The highest BCUT2D eigenvalue weighted by molar-refractivity contribution is 5.29. The zero-order chi connectivity index (χ0) is 14.4. The van der Waals surface area contributed by atoms with Crippen LogP contribution in [-0.4, -0.2) is 16.0 Å². The molecule has 0 aliphatic rings. The molecule has 0 bridgehead atoms. The highest BCUT2D eigenvalue weighted by atomic mass is 16.5. The molecule has 0 amide bonds. The molecule has 0 spiro atoms. The summed E-state index contributed by atoms with van der Waals surface area (Å²) < 4.78 is 5.87. The fourth-order valence-electron chi connectivity index (χ4n) is 1.80. The van der Waals surface area contributed by atoms with E-state index in [-0.39, 0.29) is 0 Å². The molecule has 0 aliphatic carbocycles. The number of nitrogens with zero attached hydrogens (tertiary/aromatic N) is 2. The molecule has 106 valence electrons. The second-order valence-corrected chi connectivity index (χ2v) is 5.08. The molecule has 4 heteroatoms. The summed E-state index contributed by atoms with van der Waals surface area (Å²) in [5.41, 5.74) is 3.00. The number of ether oxygens (including phenoxy) is 1. The summed E-state index contributed by atoms with van der Waals surface area (Å²) in [4.78, 5) is 8.64. The lowest BCUT2D eigenvalue weighted by molar-refractivity contribution is 0.299. The molecular formula is C16H21N3O. The second-order valence-electron chi connectivity index (χ2n) is 5.08. The van der Waals surface area contributed by atoms with Crippen LogP contribution in [0.2, 0.25) is 0 Å². The summed E-state index contributed by atoms with van der Waals surface area (Å²) in [5.74, 6) is 0.826. The predicted molar refractivity (Wildman–Crippen MR) is 79.5 cm³/mol. The first-order valence-electron chi connectivity index (χ1n) is 6.87. The third-order valence-electron chi connectivity index (χ3n) is 2.87. The van der Waals surface area contributed by atoms with Crippen LogP contribution in [0, 0.1) is 6.92 Å². The smallest absolute Gasteiger partial charge is 0.142 e. The summed E-state index contributed by atoms with van der Waals surface area (Å²) in [7, 11) is 0. The summed E-state index contributed by atoms with van der Waals surface area (Å²) in [6.07, 6.45) is 3.57. The molecule has 0 aromatic carbocycles. The Hall–Kier alpha value is -1.94. The fourth-order valence-corrected chi connectivity index (χ4v) is 1.80. The average molecular weight is 271 g/mol. The molecular weight excluding hydrogens is 250 g/mol. The van der Waals surface area contributed by atoms with E-state index in [1.54, 1.807) is 6.20 Å². The van der Waals surface area contributed by atoms with Gasteiger partial charge in [0, 0.05) is 36.2 Å². The Bertz CT molecular complexity index is 541. The zero-order valence-electron chi connectivity index (χ0n) is 12.3. The minimum Gasteiger partial charge on any atom is -0.487 e. The molecule has 0 saturated heterocycles. The average Bonchev–Trinajstić information content (AvgIpc) is 2.45. The van der Waals surface area contributed by atoms with Crippen LogP contribution < -0.4 is 10.1 Å². The largest absolute Gasteiger partial charge is 0.487 e. The molecule has 2 aromatic heterocycles. The normalized spacial score (nSPS) is 10.8. The Balaban J connectivity index is 2.06. The number of hydrogen-bond acceptors (Lipinski definition) is 4. The standard InChI is InChI=1S/C16H21N3O/c1-12(2)18-10-15-16(7-6-13(3)19-15)20-11-14-5-4-8-17-9-14/h4-9,12,18H,10-11H2,1-3H3. The SMILES string of the molecule is Cc1ccc(OCc2cccnc2)c(CNC(C)C)n1. The summed E-state index contributed by atoms with van der Waals surface area (Å²) in [5, 5.41) is 3.37. The minimum atomic E-state index is 0.420. The molecule has 2 aromatic rings. The monoisotopic (exact) mass is 271 g/mol. The molecule has 20 heavy (non-hydrogen) atoms. The van der Waals surface area contributed by atoms with Crippen molar-refractivity contribution in [1.29, 1.82) is 0 Å². The molecule has 1 N–H and O–H groups in total. The van der Waals surface area contributed by atoms with Gasteiger partial charge in [0.2, 0.25) is 0 Å². The Morgan fingerprint density at radius 1 is 1.25 bits per heavy atom. The Labute approximate surface area is 120 Å². The van der Waals surface area contributed by atoms with Gasteiger partial charge in [-0.2, -0.15) is 0 Å². The van der Waals surface area contributed by atoms with Crippen molar-refractivity contribution in [2.24, 2.45) is 0 Å². The lowest BCUT2D eigenvalue weighted by Crippen LogP contribution is -2.23. The first kappa shape index (κ1) is 14.5. The molecule has 0 unspecified atom stereocenters. The maximum atomic E-state index is 5.87. The van der Waals surface area contributed by atoms with E-state index in [1.807, 2.05) is 37.4 Å². The van der Waals surface area contributed by atoms with Crippen molar-refractivity contribution in [3.63, 3.8) is 0 Å². The minimum absolute atomic E-state index is 0.420. The molecule has 0 atom stereocenters. The van der Waals surface area contributed by atoms with Gasteiger partial charge in [-0.15, -0.1) is 0 Å². The van der Waals surface area contributed by atoms with Crippen molar-refractivity contribution >= 4 is 0 Å². The first-order valence-corrected chi connectivity index (χ1v) is 6.87. The van der Waals surface area contributed by atoms with Gasteiger partial charge in [-0.1, -0.05) is 19.9 Å². The van der Waals surface area contributed by atoms with Gasteiger partial charge in [-0.25, -0.2) is 0 Å². The van der Waals surface area contributed by atoms with Gasteiger partial charge >= 0.3 is 0 Å². The van der Waals surface area contributed by atoms with E-state index in [4.69, 9.17) is 4.74 Å². The number of rotatable bonds is 6. The van der Waals surface area contributed by atoms with Gasteiger partial charge in [0.05, 0.1) is 5.69 Å². The van der Waals surface area contributed by atoms with Crippen LogP contribution in [0.4, 0.5) is 0 Å². The lowest BCUT2D eigenvalue weighted by atomic mass is 10.2. The van der Waals surface area contributed by atoms with Gasteiger partial charge in [0.25, 0.3) is 0 Å². The second kappa shape index (κ2) is 7.01. The van der Waals surface area contributed by atoms with Crippen LogP contribution in [-0.2, 0) is 13.2 Å². The molecule has 0 fully saturated rings. The highest BCUT2D eigenvalue weighted by Gasteiger charge is 2.07. The van der Waals surface area contributed by atoms with Crippen LogP contribution in [0.15, 0.2) is 36.7 Å². The Morgan fingerprint density at radius 2 is 2.10 bits per heavy atom. The van der Waals surface area contributed by atoms with E-state index in [0.717, 1.165) is 22.7 Å². The number of hydrogen-bond donors (Lipinski definition) is 1. The summed E-state index contributed by atoms with van der Waals surface area (Å²) in [6.45, 7) is 7.44. The molecule has 0 aliphatic heterocycles. The van der Waals surface area contributed by atoms with Gasteiger partial charge < -0.3 is 10.1 Å². The third-order valence-corrected chi connectivity index (χ3v) is 2.87. The van der Waals surface area contributed by atoms with E-state index >= 15 is 0 Å². The fraction of sp³-hybridized carbons (Fsp3) is 0.375. The number of nitrogens with one attached hydrogen (secondary N) is 1. The van der Waals surface area contributed by atoms with Crippen molar-refractivity contribution in [1.82, 2.24) is 15.3 Å². The van der Waals surface area contributed by atoms with Crippen molar-refractivity contribution in [3.8, 4) is 5.75 Å². The zero-order valence-corrected chi connectivity index (χ0v) is 12.3. The highest BCUT2D eigenvalue weighted by Crippen LogP contribution is 2.18. The maximum Gasteiger partial charge on any atom is 0.142 e. The van der Waals surface area contributed by atoms with E-state index < -0.39 is 0 Å². The van der Waals surface area contributed by atoms with Crippen molar-refractivity contribution < 1.29 is 4.74 Å². The summed E-state index contributed by atoms with van der Waals surface area (Å²) in [6, 6.07) is 8.28. The number of pyridine rings is 2. The number of aryl methyl sites for hydroxylation is 1. The van der Waals surface area contributed by atoms with Gasteiger partial charge in [0.15, 0.2) is 0 Å². The number of aromatic nitrogens is 2. The van der Waals surface area contributed by atoms with Crippen LogP contribution in [0.3, 0.4) is 0 Å². The van der Waals surface area contributed by atoms with Crippen molar-refractivity contribution in [2.45, 2.75) is 40.0 Å². The van der Waals surface area contributed by atoms with E-state index in [1.165, 1.54) is 0 Å². The summed E-state index contributed by atoms with van der Waals surface area (Å²) >= 11 is 0.